The van der Waals surface area contributed by atoms with Crippen LogP contribution in [0.15, 0.2) is 47.8 Å². The van der Waals surface area contributed by atoms with Crippen LogP contribution in [0, 0.1) is 5.82 Å². The average Bonchev–Trinajstić information content (AvgIpc) is 3.32. The standard InChI is InChI=1S/C20H14Cl2FN7/c1-10-19-27-28-20(11-8-25-29(2)9-11)30(19)14-6-5-12(21)16(22)15(14)18(26-10)17-13(23)4-3-7-24-17/h3-10H,1-2H3/t10-/m0/s1. The van der Waals surface area contributed by atoms with Gasteiger partial charge in [0, 0.05) is 25.0 Å². The van der Waals surface area contributed by atoms with Crippen LogP contribution in [-0.2, 0) is 7.05 Å². The van der Waals surface area contributed by atoms with E-state index in [2.05, 4.69) is 20.3 Å². The predicted octanol–water partition coefficient (Wildman–Crippen LogP) is 4.42. The van der Waals surface area contributed by atoms with Gasteiger partial charge in [0.15, 0.2) is 17.5 Å². The summed E-state index contributed by atoms with van der Waals surface area (Å²) >= 11 is 13.0. The second kappa shape index (κ2) is 7.00. The zero-order valence-electron chi connectivity index (χ0n) is 15.9. The monoisotopic (exact) mass is 441 g/mol. The second-order valence-electron chi connectivity index (χ2n) is 6.86. The lowest BCUT2D eigenvalue weighted by atomic mass is 10.0. The minimum atomic E-state index is -0.504. The van der Waals surface area contributed by atoms with Gasteiger partial charge in [0.1, 0.15) is 11.7 Å². The molecular weight excluding hydrogens is 428 g/mol. The number of fused-ring (bicyclic) bond motifs is 3. The lowest BCUT2D eigenvalue weighted by Crippen LogP contribution is -2.12. The van der Waals surface area contributed by atoms with Gasteiger partial charge in [0.25, 0.3) is 0 Å². The smallest absolute Gasteiger partial charge is 0.171 e. The molecule has 10 heteroatoms. The van der Waals surface area contributed by atoms with Gasteiger partial charge in [-0.05, 0) is 31.2 Å². The molecule has 0 aliphatic carbocycles. The zero-order valence-corrected chi connectivity index (χ0v) is 17.4. The van der Waals surface area contributed by atoms with Gasteiger partial charge in [-0.3, -0.25) is 19.2 Å². The molecule has 0 spiro atoms. The fraction of sp³-hybridized carbons (Fsp3) is 0.150. The summed E-state index contributed by atoms with van der Waals surface area (Å²) in [6.07, 6.45) is 5.05. The summed E-state index contributed by atoms with van der Waals surface area (Å²) in [7, 11) is 1.82. The third-order valence-electron chi connectivity index (χ3n) is 4.88. The van der Waals surface area contributed by atoms with Gasteiger partial charge in [-0.25, -0.2) is 4.39 Å². The molecule has 0 unspecified atom stereocenters. The van der Waals surface area contributed by atoms with Gasteiger partial charge in [-0.2, -0.15) is 5.10 Å². The maximum atomic E-state index is 14.7. The van der Waals surface area contributed by atoms with Crippen LogP contribution in [0.1, 0.15) is 30.0 Å². The lowest BCUT2D eigenvalue weighted by Gasteiger charge is -2.15. The molecule has 1 aliphatic rings. The van der Waals surface area contributed by atoms with Crippen LogP contribution in [0.4, 0.5) is 4.39 Å². The highest BCUT2D eigenvalue weighted by Crippen LogP contribution is 2.39. The SMILES string of the molecule is C[C@@H]1N=C(c2ncccc2F)c2c(ccc(Cl)c2Cl)-n2c(-c3cnn(C)c3)nnc21. The number of aromatic nitrogens is 6. The molecule has 4 aromatic rings. The third-order valence-corrected chi connectivity index (χ3v) is 5.69. The molecule has 30 heavy (non-hydrogen) atoms. The average molecular weight is 442 g/mol. The Balaban J connectivity index is 1.86. The van der Waals surface area contributed by atoms with Crippen LogP contribution in [0.2, 0.25) is 10.0 Å². The minimum absolute atomic E-state index is 0.0939. The van der Waals surface area contributed by atoms with E-state index in [9.17, 15) is 4.39 Å². The summed E-state index contributed by atoms with van der Waals surface area (Å²) in [5.41, 5.74) is 2.28. The molecule has 150 valence electrons. The Labute approximate surface area is 180 Å². The van der Waals surface area contributed by atoms with Gasteiger partial charge < -0.3 is 0 Å². The first-order chi connectivity index (χ1) is 14.5. The number of aryl methyl sites for hydroxylation is 1. The molecule has 1 aromatic carbocycles. The quantitative estimate of drug-likeness (QED) is 0.461. The Kier molecular flexibility index (Phi) is 4.41. The van der Waals surface area contributed by atoms with Crippen molar-refractivity contribution in [3.8, 4) is 17.1 Å². The van der Waals surface area contributed by atoms with E-state index in [1.165, 1.54) is 18.3 Å². The van der Waals surface area contributed by atoms with Crippen LogP contribution in [-0.4, -0.2) is 35.2 Å². The van der Waals surface area contributed by atoms with E-state index in [1.807, 2.05) is 24.7 Å². The van der Waals surface area contributed by atoms with Crippen LogP contribution >= 0.6 is 23.2 Å². The maximum absolute atomic E-state index is 14.7. The highest BCUT2D eigenvalue weighted by atomic mass is 35.5. The number of rotatable bonds is 2. The molecule has 0 saturated carbocycles. The first-order valence-electron chi connectivity index (χ1n) is 9.07. The number of benzene rings is 1. The van der Waals surface area contributed by atoms with Crippen molar-refractivity contribution in [2.24, 2.45) is 12.0 Å². The van der Waals surface area contributed by atoms with Crippen molar-refractivity contribution in [3.05, 3.63) is 75.8 Å². The summed E-state index contributed by atoms with van der Waals surface area (Å²) < 4.78 is 18.2. The van der Waals surface area contributed by atoms with E-state index in [0.717, 1.165) is 5.56 Å². The molecule has 4 heterocycles. The van der Waals surface area contributed by atoms with Crippen LogP contribution in [0.5, 0.6) is 0 Å². The molecule has 3 aromatic heterocycles. The van der Waals surface area contributed by atoms with Gasteiger partial charge in [-0.15, -0.1) is 10.2 Å². The first kappa shape index (κ1) is 18.9. The molecule has 1 aliphatic heterocycles. The molecular formula is C20H14Cl2FN7. The van der Waals surface area contributed by atoms with E-state index in [0.29, 0.717) is 33.6 Å². The van der Waals surface area contributed by atoms with Gasteiger partial charge in [0.2, 0.25) is 0 Å². The van der Waals surface area contributed by atoms with E-state index in [1.54, 1.807) is 23.0 Å². The van der Waals surface area contributed by atoms with Gasteiger partial charge >= 0.3 is 0 Å². The molecule has 0 bridgehead atoms. The Morgan fingerprint density at radius 3 is 2.70 bits per heavy atom. The van der Waals surface area contributed by atoms with E-state index >= 15 is 0 Å². The molecule has 7 nitrogen and oxygen atoms in total. The van der Waals surface area contributed by atoms with Crippen molar-refractivity contribution < 1.29 is 4.39 Å². The summed E-state index contributed by atoms with van der Waals surface area (Å²) in [6.45, 7) is 1.86. The molecule has 0 N–H and O–H groups in total. The van der Waals surface area contributed by atoms with Crippen molar-refractivity contribution in [3.63, 3.8) is 0 Å². The highest BCUT2D eigenvalue weighted by molar-refractivity contribution is 6.45. The Hall–Kier alpha value is -3.10. The summed E-state index contributed by atoms with van der Waals surface area (Å²) in [5.74, 6) is 0.651. The number of hydrogen-bond acceptors (Lipinski definition) is 5. The van der Waals surface area contributed by atoms with Crippen molar-refractivity contribution in [2.45, 2.75) is 13.0 Å². The lowest BCUT2D eigenvalue weighted by molar-refractivity contribution is 0.617. The second-order valence-corrected chi connectivity index (χ2v) is 7.65. The minimum Gasteiger partial charge on any atom is -0.276 e. The van der Waals surface area contributed by atoms with Crippen molar-refractivity contribution in [2.75, 3.05) is 0 Å². The summed E-state index contributed by atoms with van der Waals surface area (Å²) in [5, 5.41) is 13.5. The van der Waals surface area contributed by atoms with Crippen molar-refractivity contribution >= 4 is 28.9 Å². The van der Waals surface area contributed by atoms with Crippen LogP contribution in [0.25, 0.3) is 17.1 Å². The Morgan fingerprint density at radius 2 is 1.97 bits per heavy atom. The molecule has 0 fully saturated rings. The van der Waals surface area contributed by atoms with Crippen molar-refractivity contribution in [1.29, 1.82) is 0 Å². The molecule has 5 rings (SSSR count). The summed E-state index contributed by atoms with van der Waals surface area (Å²) in [4.78, 5) is 8.94. The third kappa shape index (κ3) is 2.83. The topological polar surface area (TPSA) is 73.8 Å². The number of hydrogen-bond donors (Lipinski definition) is 0. The largest absolute Gasteiger partial charge is 0.276 e. The van der Waals surface area contributed by atoms with E-state index in [4.69, 9.17) is 28.2 Å². The van der Waals surface area contributed by atoms with Crippen LogP contribution in [0.3, 0.4) is 0 Å². The van der Waals surface area contributed by atoms with Crippen molar-refractivity contribution in [1.82, 2.24) is 29.5 Å². The molecule has 0 saturated heterocycles. The number of pyridine rings is 1. The first-order valence-corrected chi connectivity index (χ1v) is 9.83. The zero-order chi connectivity index (χ0) is 21.0. The van der Waals surface area contributed by atoms with Gasteiger partial charge in [0.05, 0.1) is 33.2 Å². The predicted molar refractivity (Wildman–Crippen MR) is 112 cm³/mol. The Morgan fingerprint density at radius 1 is 1.13 bits per heavy atom. The van der Waals surface area contributed by atoms with Crippen LogP contribution < -0.4 is 0 Å². The molecule has 0 amide bonds. The number of nitrogens with zero attached hydrogens (tertiary/aromatic N) is 7. The van der Waals surface area contributed by atoms with E-state index in [-0.39, 0.29) is 10.7 Å². The maximum Gasteiger partial charge on any atom is 0.171 e. The normalized spacial score (nSPS) is 15.4. The Bertz CT molecular complexity index is 1320. The molecule has 1 atom stereocenters. The molecule has 0 radical (unpaired) electrons. The number of aliphatic imine (C=N–C) groups is 1. The highest BCUT2D eigenvalue weighted by Gasteiger charge is 2.31. The fourth-order valence-corrected chi connectivity index (χ4v) is 3.94. The van der Waals surface area contributed by atoms with Gasteiger partial charge in [-0.1, -0.05) is 23.2 Å². The number of halogens is 3. The fourth-order valence-electron chi connectivity index (χ4n) is 3.54. The van der Waals surface area contributed by atoms with E-state index < -0.39 is 11.9 Å². The summed E-state index contributed by atoms with van der Waals surface area (Å²) in [6, 6.07) is 5.89.